The van der Waals surface area contributed by atoms with Crippen LogP contribution in [0.4, 0.5) is 0 Å². The van der Waals surface area contributed by atoms with Gasteiger partial charge >= 0.3 is 0 Å². The molecule has 0 N–H and O–H groups in total. The SMILES string of the molecule is COc1cccc(-n2c(CCl)nc3ccc(C#N)cc32)c1. The number of aromatic nitrogens is 2. The van der Waals surface area contributed by atoms with Gasteiger partial charge in [-0.05, 0) is 30.3 Å². The molecule has 0 saturated carbocycles. The maximum absolute atomic E-state index is 9.08. The molecule has 104 valence electrons. The largest absolute Gasteiger partial charge is 0.497 e. The van der Waals surface area contributed by atoms with E-state index in [4.69, 9.17) is 21.6 Å². The molecule has 0 aliphatic heterocycles. The Morgan fingerprint density at radius 3 is 2.86 bits per heavy atom. The van der Waals surface area contributed by atoms with Crippen molar-refractivity contribution in [1.29, 1.82) is 5.26 Å². The number of hydrogen-bond acceptors (Lipinski definition) is 3. The lowest BCUT2D eigenvalue weighted by molar-refractivity contribution is 0.414. The lowest BCUT2D eigenvalue weighted by Crippen LogP contribution is -1.99. The van der Waals surface area contributed by atoms with Crippen molar-refractivity contribution in [3.63, 3.8) is 0 Å². The first-order valence-corrected chi connectivity index (χ1v) is 6.92. The van der Waals surface area contributed by atoms with Crippen LogP contribution in [0.1, 0.15) is 11.4 Å². The van der Waals surface area contributed by atoms with Gasteiger partial charge in [-0.15, -0.1) is 11.6 Å². The summed E-state index contributed by atoms with van der Waals surface area (Å²) in [7, 11) is 1.63. The number of fused-ring (bicyclic) bond motifs is 1. The Bertz CT molecular complexity index is 848. The Labute approximate surface area is 127 Å². The molecule has 3 aromatic rings. The topological polar surface area (TPSA) is 50.8 Å². The standard InChI is InChI=1S/C16H12ClN3O/c1-21-13-4-2-3-12(8-13)20-15-7-11(10-18)5-6-14(15)19-16(20)9-17/h2-8H,9H2,1H3. The fraction of sp³-hybridized carbons (Fsp3) is 0.125. The average molecular weight is 298 g/mol. The Kier molecular flexibility index (Phi) is 3.51. The second-order valence-corrected chi connectivity index (χ2v) is 4.78. The highest BCUT2D eigenvalue weighted by molar-refractivity contribution is 6.17. The maximum Gasteiger partial charge on any atom is 0.129 e. The van der Waals surface area contributed by atoms with Crippen LogP contribution >= 0.6 is 11.6 Å². The molecule has 3 rings (SSSR count). The Balaban J connectivity index is 2.30. The van der Waals surface area contributed by atoms with E-state index in [1.807, 2.05) is 41.0 Å². The highest BCUT2D eigenvalue weighted by Crippen LogP contribution is 2.25. The van der Waals surface area contributed by atoms with E-state index in [2.05, 4.69) is 11.1 Å². The zero-order chi connectivity index (χ0) is 14.8. The number of alkyl halides is 1. The van der Waals surface area contributed by atoms with E-state index in [0.29, 0.717) is 5.56 Å². The van der Waals surface area contributed by atoms with E-state index in [0.717, 1.165) is 28.3 Å². The van der Waals surface area contributed by atoms with Crippen molar-refractivity contribution in [3.05, 3.63) is 53.9 Å². The number of nitriles is 1. The lowest BCUT2D eigenvalue weighted by atomic mass is 10.2. The van der Waals surface area contributed by atoms with E-state index in [-0.39, 0.29) is 5.88 Å². The number of nitrogens with zero attached hydrogens (tertiary/aromatic N) is 3. The van der Waals surface area contributed by atoms with E-state index in [1.165, 1.54) is 0 Å². The Morgan fingerprint density at radius 2 is 2.14 bits per heavy atom. The second kappa shape index (κ2) is 5.47. The molecule has 0 radical (unpaired) electrons. The van der Waals surface area contributed by atoms with Crippen LogP contribution in [0, 0.1) is 11.3 Å². The van der Waals surface area contributed by atoms with Crippen molar-refractivity contribution in [2.24, 2.45) is 0 Å². The molecule has 1 heterocycles. The number of benzene rings is 2. The number of imidazole rings is 1. The van der Waals surface area contributed by atoms with E-state index < -0.39 is 0 Å². The van der Waals surface area contributed by atoms with Crippen LogP contribution in [0.25, 0.3) is 16.7 Å². The molecule has 0 bridgehead atoms. The van der Waals surface area contributed by atoms with Crippen LogP contribution in [0.3, 0.4) is 0 Å². The normalized spacial score (nSPS) is 10.5. The molecule has 0 fully saturated rings. The van der Waals surface area contributed by atoms with Gasteiger partial charge in [0.05, 0.1) is 41.3 Å². The maximum atomic E-state index is 9.08. The summed E-state index contributed by atoms with van der Waals surface area (Å²) in [5.41, 5.74) is 3.17. The third-order valence-corrected chi connectivity index (χ3v) is 3.52. The van der Waals surface area contributed by atoms with Crippen molar-refractivity contribution >= 4 is 22.6 Å². The molecule has 0 atom stereocenters. The van der Waals surface area contributed by atoms with Crippen LogP contribution < -0.4 is 4.74 Å². The van der Waals surface area contributed by atoms with Crippen molar-refractivity contribution in [2.45, 2.75) is 5.88 Å². The first-order chi connectivity index (χ1) is 10.3. The van der Waals surface area contributed by atoms with Crippen LogP contribution in [-0.2, 0) is 5.88 Å². The molecule has 0 aliphatic rings. The summed E-state index contributed by atoms with van der Waals surface area (Å²) in [5, 5.41) is 9.08. The molecule has 0 spiro atoms. The Morgan fingerprint density at radius 1 is 1.29 bits per heavy atom. The summed E-state index contributed by atoms with van der Waals surface area (Å²) in [6, 6.07) is 15.2. The fourth-order valence-corrected chi connectivity index (χ4v) is 2.50. The van der Waals surface area contributed by atoms with E-state index in [9.17, 15) is 0 Å². The summed E-state index contributed by atoms with van der Waals surface area (Å²) in [6.07, 6.45) is 0. The van der Waals surface area contributed by atoms with Crippen molar-refractivity contribution < 1.29 is 4.74 Å². The van der Waals surface area contributed by atoms with Gasteiger partial charge in [-0.2, -0.15) is 5.26 Å². The first kappa shape index (κ1) is 13.5. The summed E-state index contributed by atoms with van der Waals surface area (Å²) < 4.78 is 7.21. The van der Waals surface area contributed by atoms with Gasteiger partial charge in [0.2, 0.25) is 0 Å². The van der Waals surface area contributed by atoms with Gasteiger partial charge in [0, 0.05) is 6.07 Å². The minimum Gasteiger partial charge on any atom is -0.497 e. The summed E-state index contributed by atoms with van der Waals surface area (Å²) in [5.74, 6) is 1.77. The molecule has 4 nitrogen and oxygen atoms in total. The molecule has 0 unspecified atom stereocenters. The number of hydrogen-bond donors (Lipinski definition) is 0. The van der Waals surface area contributed by atoms with Crippen LogP contribution in [0.15, 0.2) is 42.5 Å². The van der Waals surface area contributed by atoms with Gasteiger partial charge in [0.25, 0.3) is 0 Å². The lowest BCUT2D eigenvalue weighted by Gasteiger charge is -2.09. The predicted molar refractivity (Wildman–Crippen MR) is 81.9 cm³/mol. The summed E-state index contributed by atoms with van der Waals surface area (Å²) in [6.45, 7) is 0. The average Bonchev–Trinajstić information content (AvgIpc) is 2.92. The molecular formula is C16H12ClN3O. The van der Waals surface area contributed by atoms with Crippen LogP contribution in [-0.4, -0.2) is 16.7 Å². The van der Waals surface area contributed by atoms with Crippen LogP contribution in [0.5, 0.6) is 5.75 Å². The van der Waals surface area contributed by atoms with E-state index >= 15 is 0 Å². The van der Waals surface area contributed by atoms with Gasteiger partial charge in [-0.3, -0.25) is 4.57 Å². The Hall–Kier alpha value is -2.51. The molecule has 21 heavy (non-hydrogen) atoms. The molecule has 0 saturated heterocycles. The molecular weight excluding hydrogens is 286 g/mol. The summed E-state index contributed by atoms with van der Waals surface area (Å²) in [4.78, 5) is 4.52. The minimum atomic E-state index is 0.285. The number of halogens is 1. The van der Waals surface area contributed by atoms with Crippen molar-refractivity contribution in [3.8, 4) is 17.5 Å². The zero-order valence-electron chi connectivity index (χ0n) is 11.4. The smallest absolute Gasteiger partial charge is 0.129 e. The molecule has 1 aromatic heterocycles. The van der Waals surface area contributed by atoms with Gasteiger partial charge in [-0.1, -0.05) is 6.07 Å². The van der Waals surface area contributed by atoms with Gasteiger partial charge < -0.3 is 4.74 Å². The number of rotatable bonds is 3. The molecule has 2 aromatic carbocycles. The number of ether oxygens (including phenoxy) is 1. The fourth-order valence-electron chi connectivity index (χ4n) is 2.32. The summed E-state index contributed by atoms with van der Waals surface area (Å²) >= 11 is 6.02. The number of methoxy groups -OCH3 is 1. The quantitative estimate of drug-likeness (QED) is 0.693. The van der Waals surface area contributed by atoms with Gasteiger partial charge in [0.15, 0.2) is 0 Å². The van der Waals surface area contributed by atoms with Crippen LogP contribution in [0.2, 0.25) is 0 Å². The third kappa shape index (κ3) is 2.32. The zero-order valence-corrected chi connectivity index (χ0v) is 12.1. The van der Waals surface area contributed by atoms with Gasteiger partial charge in [-0.25, -0.2) is 4.98 Å². The predicted octanol–water partition coefficient (Wildman–Crippen LogP) is 3.64. The molecule has 5 heteroatoms. The van der Waals surface area contributed by atoms with E-state index in [1.54, 1.807) is 13.2 Å². The third-order valence-electron chi connectivity index (χ3n) is 3.28. The molecule has 0 amide bonds. The highest BCUT2D eigenvalue weighted by atomic mass is 35.5. The van der Waals surface area contributed by atoms with Gasteiger partial charge in [0.1, 0.15) is 11.6 Å². The monoisotopic (exact) mass is 297 g/mol. The van der Waals surface area contributed by atoms with Crippen molar-refractivity contribution in [2.75, 3.05) is 7.11 Å². The second-order valence-electron chi connectivity index (χ2n) is 4.51. The highest BCUT2D eigenvalue weighted by Gasteiger charge is 2.12. The first-order valence-electron chi connectivity index (χ1n) is 6.38. The van der Waals surface area contributed by atoms with Crippen molar-refractivity contribution in [1.82, 2.24) is 9.55 Å². The minimum absolute atomic E-state index is 0.285. The molecule has 0 aliphatic carbocycles.